The van der Waals surface area contributed by atoms with E-state index in [0.29, 0.717) is 19.0 Å². The van der Waals surface area contributed by atoms with Crippen LogP contribution in [-0.2, 0) is 29.1 Å². The molecule has 1 N–H and O–H groups in total. The Bertz CT molecular complexity index is 1010. The Balaban J connectivity index is 1.43. The highest BCUT2D eigenvalue weighted by Gasteiger charge is 2.47. The van der Waals surface area contributed by atoms with Gasteiger partial charge in [-0.05, 0) is 31.0 Å². The monoisotopic (exact) mass is 479 g/mol. The average Bonchev–Trinajstić information content (AvgIpc) is 3.08. The van der Waals surface area contributed by atoms with E-state index in [1.807, 2.05) is 0 Å². The number of ether oxygens (including phenoxy) is 2. The second kappa shape index (κ2) is 9.78. The van der Waals surface area contributed by atoms with Crippen molar-refractivity contribution >= 4 is 33.4 Å². The highest BCUT2D eigenvalue weighted by molar-refractivity contribution is 7.89. The van der Waals surface area contributed by atoms with Crippen molar-refractivity contribution in [3.63, 3.8) is 0 Å². The van der Waals surface area contributed by atoms with Crippen molar-refractivity contribution in [3.8, 4) is 5.75 Å². The molecule has 180 valence electrons. The lowest BCUT2D eigenvalue weighted by atomic mass is 9.81. The van der Waals surface area contributed by atoms with Crippen LogP contribution in [0.3, 0.4) is 0 Å². The molecule has 2 heterocycles. The molecule has 1 saturated carbocycles. The number of amides is 3. The number of sulfonamides is 1. The minimum absolute atomic E-state index is 0.00455. The van der Waals surface area contributed by atoms with Gasteiger partial charge in [-0.15, -0.1) is 0 Å². The van der Waals surface area contributed by atoms with E-state index in [2.05, 4.69) is 5.32 Å². The van der Waals surface area contributed by atoms with Gasteiger partial charge in [-0.3, -0.25) is 19.3 Å². The quantitative estimate of drug-likeness (QED) is 0.584. The number of carbonyl (C=O) groups is 3. The van der Waals surface area contributed by atoms with E-state index < -0.39 is 15.9 Å². The van der Waals surface area contributed by atoms with Crippen LogP contribution in [0, 0.1) is 11.8 Å². The lowest BCUT2D eigenvalue weighted by Gasteiger charge is -2.26. The van der Waals surface area contributed by atoms with Crippen molar-refractivity contribution in [2.45, 2.75) is 37.0 Å². The zero-order chi connectivity index (χ0) is 23.6. The molecule has 1 aromatic carbocycles. The molecule has 1 aromatic rings. The Morgan fingerprint density at radius 3 is 2.36 bits per heavy atom. The number of imide groups is 1. The molecule has 2 saturated heterocycles. The molecule has 0 spiro atoms. The van der Waals surface area contributed by atoms with Crippen LogP contribution in [0.5, 0.6) is 5.75 Å². The van der Waals surface area contributed by atoms with E-state index in [1.54, 1.807) is 0 Å². The van der Waals surface area contributed by atoms with Crippen LogP contribution in [-0.4, -0.2) is 75.3 Å². The molecular weight excluding hydrogens is 450 g/mol. The summed E-state index contributed by atoms with van der Waals surface area (Å²) in [5.74, 6) is -1.01. The summed E-state index contributed by atoms with van der Waals surface area (Å²) in [6.07, 6.45) is 3.25. The molecule has 3 aliphatic rings. The summed E-state index contributed by atoms with van der Waals surface area (Å²) in [7, 11) is -2.33. The van der Waals surface area contributed by atoms with Crippen LogP contribution in [0.4, 0.5) is 5.69 Å². The Hall–Kier alpha value is -2.50. The molecule has 33 heavy (non-hydrogen) atoms. The van der Waals surface area contributed by atoms with Gasteiger partial charge in [-0.25, -0.2) is 8.42 Å². The summed E-state index contributed by atoms with van der Waals surface area (Å²) in [6, 6.07) is 4.28. The highest BCUT2D eigenvalue weighted by atomic mass is 32.2. The number of hydrogen-bond acceptors (Lipinski definition) is 7. The number of rotatable bonds is 7. The van der Waals surface area contributed by atoms with Gasteiger partial charge in [0.1, 0.15) is 5.75 Å². The number of benzene rings is 1. The first-order valence-corrected chi connectivity index (χ1v) is 12.7. The second-order valence-electron chi connectivity index (χ2n) is 8.50. The number of fused-ring (bicyclic) bond motifs is 1. The lowest BCUT2D eigenvalue weighted by molar-refractivity contribution is -0.140. The number of anilines is 1. The average molecular weight is 480 g/mol. The van der Waals surface area contributed by atoms with E-state index in [4.69, 9.17) is 9.47 Å². The van der Waals surface area contributed by atoms with E-state index in [1.165, 1.54) is 34.5 Å². The summed E-state index contributed by atoms with van der Waals surface area (Å²) < 4.78 is 37.7. The van der Waals surface area contributed by atoms with Crippen molar-refractivity contribution in [2.24, 2.45) is 11.8 Å². The fourth-order valence-corrected chi connectivity index (χ4v) is 6.19. The Morgan fingerprint density at radius 1 is 1.12 bits per heavy atom. The molecule has 1 aliphatic carbocycles. The van der Waals surface area contributed by atoms with Gasteiger partial charge >= 0.3 is 0 Å². The van der Waals surface area contributed by atoms with Gasteiger partial charge in [0.25, 0.3) is 0 Å². The van der Waals surface area contributed by atoms with Crippen molar-refractivity contribution in [2.75, 3.05) is 45.3 Å². The number of nitrogens with zero attached hydrogens (tertiary/aromatic N) is 2. The molecule has 4 rings (SSSR count). The maximum Gasteiger partial charge on any atom is 0.243 e. The van der Waals surface area contributed by atoms with Gasteiger partial charge in [0, 0.05) is 26.1 Å². The number of carbonyl (C=O) groups excluding carboxylic acids is 3. The molecule has 2 atom stereocenters. The van der Waals surface area contributed by atoms with Gasteiger partial charge in [-0.2, -0.15) is 4.31 Å². The molecule has 0 unspecified atom stereocenters. The van der Waals surface area contributed by atoms with Crippen molar-refractivity contribution < 1.29 is 32.3 Å². The summed E-state index contributed by atoms with van der Waals surface area (Å²) in [4.78, 5) is 39.1. The Kier molecular flexibility index (Phi) is 7.01. The van der Waals surface area contributed by atoms with Gasteiger partial charge in [0.2, 0.25) is 27.7 Å². The van der Waals surface area contributed by atoms with Gasteiger partial charge in [0.15, 0.2) is 0 Å². The number of morpholine rings is 1. The summed E-state index contributed by atoms with van der Waals surface area (Å²) in [6.45, 7) is 1.18. The zero-order valence-electron chi connectivity index (χ0n) is 18.6. The molecule has 10 nitrogen and oxygen atoms in total. The van der Waals surface area contributed by atoms with Crippen LogP contribution >= 0.6 is 0 Å². The molecule has 0 radical (unpaired) electrons. The van der Waals surface area contributed by atoms with Crippen LogP contribution in [0.25, 0.3) is 0 Å². The van der Waals surface area contributed by atoms with E-state index in [0.717, 1.165) is 25.7 Å². The summed E-state index contributed by atoms with van der Waals surface area (Å²) in [5, 5.41) is 2.67. The van der Waals surface area contributed by atoms with Gasteiger partial charge in [-0.1, -0.05) is 12.8 Å². The molecule has 11 heteroatoms. The fourth-order valence-electron chi connectivity index (χ4n) is 4.76. The second-order valence-corrected chi connectivity index (χ2v) is 10.4. The first-order valence-electron chi connectivity index (χ1n) is 11.2. The molecule has 2 aliphatic heterocycles. The minimum atomic E-state index is -3.75. The Morgan fingerprint density at radius 2 is 1.76 bits per heavy atom. The number of methoxy groups -OCH3 is 1. The predicted octanol–water partition coefficient (Wildman–Crippen LogP) is 1.22. The topological polar surface area (TPSA) is 122 Å². The highest BCUT2D eigenvalue weighted by Crippen LogP contribution is 2.38. The maximum atomic E-state index is 13.0. The molecule has 3 fully saturated rings. The predicted molar refractivity (Wildman–Crippen MR) is 118 cm³/mol. The lowest BCUT2D eigenvalue weighted by Crippen LogP contribution is -2.40. The van der Waals surface area contributed by atoms with Crippen molar-refractivity contribution in [1.29, 1.82) is 0 Å². The van der Waals surface area contributed by atoms with E-state index in [9.17, 15) is 22.8 Å². The van der Waals surface area contributed by atoms with Crippen LogP contribution in [0.2, 0.25) is 0 Å². The summed E-state index contributed by atoms with van der Waals surface area (Å²) in [5.41, 5.74) is 0.213. The SMILES string of the molecule is COc1ccc(S(=O)(=O)N2CCOCC2)cc1NC(=O)CCN1C(=O)[C@@H]2CCCC[C@H]2C1=O. The summed E-state index contributed by atoms with van der Waals surface area (Å²) >= 11 is 0. The normalized spacial score (nSPS) is 24.0. The van der Waals surface area contributed by atoms with Gasteiger partial charge in [0.05, 0.1) is 42.7 Å². The molecule has 3 amide bonds. The maximum absolute atomic E-state index is 13.0. The largest absolute Gasteiger partial charge is 0.495 e. The smallest absolute Gasteiger partial charge is 0.243 e. The number of likely N-dealkylation sites (tertiary alicyclic amines) is 1. The molecular formula is C22H29N3O7S. The van der Waals surface area contributed by atoms with Crippen LogP contribution in [0.15, 0.2) is 23.1 Å². The van der Waals surface area contributed by atoms with Gasteiger partial charge < -0.3 is 14.8 Å². The number of nitrogens with one attached hydrogen (secondary N) is 1. The standard InChI is InChI=1S/C22H29N3O7S/c1-31-19-7-6-15(33(29,30)24-10-12-32-13-11-24)14-18(19)23-20(26)8-9-25-21(27)16-4-2-3-5-17(16)22(25)28/h6-7,14,16-17H,2-5,8-13H2,1H3,(H,23,26)/t16-,17-/m1/s1. The zero-order valence-corrected chi connectivity index (χ0v) is 19.4. The fraction of sp³-hybridized carbons (Fsp3) is 0.591. The van der Waals surface area contributed by atoms with Crippen LogP contribution < -0.4 is 10.1 Å². The minimum Gasteiger partial charge on any atom is -0.495 e. The van der Waals surface area contributed by atoms with Crippen molar-refractivity contribution in [1.82, 2.24) is 9.21 Å². The third kappa shape index (κ3) is 4.75. The molecule has 0 bridgehead atoms. The van der Waals surface area contributed by atoms with E-state index >= 15 is 0 Å². The third-order valence-electron chi connectivity index (χ3n) is 6.55. The van der Waals surface area contributed by atoms with E-state index in [-0.39, 0.29) is 60.3 Å². The first kappa shape index (κ1) is 23.7. The van der Waals surface area contributed by atoms with Crippen molar-refractivity contribution in [3.05, 3.63) is 18.2 Å². The van der Waals surface area contributed by atoms with Crippen LogP contribution in [0.1, 0.15) is 32.1 Å². The Labute approximate surface area is 193 Å². The first-order chi connectivity index (χ1) is 15.8. The molecule has 0 aromatic heterocycles. The number of hydrogen-bond donors (Lipinski definition) is 1. The third-order valence-corrected chi connectivity index (χ3v) is 8.44.